The summed E-state index contributed by atoms with van der Waals surface area (Å²) in [6.45, 7) is 4.38. The van der Waals surface area contributed by atoms with Gasteiger partial charge in [0.25, 0.3) is 0 Å². The molecule has 3 heteroatoms. The van der Waals surface area contributed by atoms with E-state index in [1.165, 1.54) is 5.56 Å². The second-order valence-electron chi connectivity index (χ2n) is 6.47. The number of benzene rings is 3. The molecule has 4 rings (SSSR count). The van der Waals surface area contributed by atoms with Crippen LogP contribution in [0.3, 0.4) is 0 Å². The molecule has 1 heterocycles. The van der Waals surface area contributed by atoms with E-state index in [1.807, 2.05) is 18.2 Å². The van der Waals surface area contributed by atoms with Crippen molar-refractivity contribution < 1.29 is 4.42 Å². The molecule has 0 saturated carbocycles. The molecule has 0 fully saturated rings. The van der Waals surface area contributed by atoms with Gasteiger partial charge in [-0.1, -0.05) is 56.3 Å². The third kappa shape index (κ3) is 3.12. The zero-order chi connectivity index (χ0) is 17.4. The topological polar surface area (TPSA) is 26.0 Å². The van der Waals surface area contributed by atoms with Gasteiger partial charge in [0.15, 0.2) is 5.58 Å². The van der Waals surface area contributed by atoms with E-state index in [9.17, 15) is 0 Å². The zero-order valence-corrected chi connectivity index (χ0v) is 15.7. The predicted octanol–water partition coefficient (Wildman–Crippen LogP) is 7.05. The van der Waals surface area contributed by atoms with Crippen molar-refractivity contribution in [1.29, 1.82) is 0 Å². The number of nitrogens with zero attached hydrogens (tertiary/aromatic N) is 1. The van der Waals surface area contributed by atoms with E-state index in [0.29, 0.717) is 11.8 Å². The lowest BCUT2D eigenvalue weighted by Crippen LogP contribution is -1.86. The summed E-state index contributed by atoms with van der Waals surface area (Å²) in [6.07, 6.45) is 0. The molecule has 0 aliphatic rings. The van der Waals surface area contributed by atoms with Gasteiger partial charge in [-0.05, 0) is 62.8 Å². The van der Waals surface area contributed by atoms with Crippen molar-refractivity contribution in [2.75, 3.05) is 0 Å². The number of oxazole rings is 1. The fourth-order valence-electron chi connectivity index (χ4n) is 2.92. The van der Waals surface area contributed by atoms with Gasteiger partial charge in [0.05, 0.1) is 4.47 Å². The van der Waals surface area contributed by atoms with Gasteiger partial charge in [0.2, 0.25) is 5.89 Å². The first-order valence-electron chi connectivity index (χ1n) is 8.37. The molecular formula is C22H18BrNO. The van der Waals surface area contributed by atoms with Crippen LogP contribution in [-0.4, -0.2) is 4.98 Å². The Balaban J connectivity index is 1.78. The number of hydrogen-bond acceptors (Lipinski definition) is 2. The number of halogens is 1. The number of fused-ring (bicyclic) bond motifs is 1. The second kappa shape index (κ2) is 6.49. The molecule has 0 atom stereocenters. The molecule has 0 saturated heterocycles. The quantitative estimate of drug-likeness (QED) is 0.373. The van der Waals surface area contributed by atoms with E-state index in [-0.39, 0.29) is 0 Å². The Kier molecular flexibility index (Phi) is 4.18. The van der Waals surface area contributed by atoms with Crippen LogP contribution in [0.1, 0.15) is 25.3 Å². The summed E-state index contributed by atoms with van der Waals surface area (Å²) in [6, 6.07) is 22.9. The van der Waals surface area contributed by atoms with Crippen LogP contribution in [0.25, 0.3) is 33.7 Å². The maximum atomic E-state index is 6.02. The number of rotatable bonds is 3. The fourth-order valence-corrected chi connectivity index (χ4v) is 3.45. The van der Waals surface area contributed by atoms with Gasteiger partial charge in [-0.15, -0.1) is 0 Å². The SMILES string of the molecule is CC(C)c1ccc(-c2nc3cc(-c4ccccc4)cc(Br)c3o2)cc1. The molecule has 3 aromatic carbocycles. The first kappa shape index (κ1) is 16.1. The summed E-state index contributed by atoms with van der Waals surface area (Å²) < 4.78 is 6.94. The Morgan fingerprint density at radius 3 is 2.24 bits per heavy atom. The van der Waals surface area contributed by atoms with E-state index in [1.54, 1.807) is 0 Å². The monoisotopic (exact) mass is 391 g/mol. The Hall–Kier alpha value is -2.39. The van der Waals surface area contributed by atoms with Gasteiger partial charge in [-0.25, -0.2) is 4.98 Å². The summed E-state index contributed by atoms with van der Waals surface area (Å²) in [7, 11) is 0. The van der Waals surface area contributed by atoms with E-state index < -0.39 is 0 Å². The Bertz CT molecular complexity index is 1020. The van der Waals surface area contributed by atoms with Crippen molar-refractivity contribution in [3.05, 3.63) is 76.8 Å². The highest BCUT2D eigenvalue weighted by molar-refractivity contribution is 9.10. The van der Waals surface area contributed by atoms with Crippen molar-refractivity contribution in [1.82, 2.24) is 4.98 Å². The standard InChI is InChI=1S/C22H18BrNO/c1-14(2)15-8-10-17(11-9-15)22-24-20-13-18(12-19(23)21(20)25-22)16-6-4-3-5-7-16/h3-14H,1-2H3. The lowest BCUT2D eigenvalue weighted by atomic mass is 10.0. The summed E-state index contributed by atoms with van der Waals surface area (Å²) in [5, 5.41) is 0. The average Bonchev–Trinajstić information content (AvgIpc) is 3.07. The van der Waals surface area contributed by atoms with E-state index in [0.717, 1.165) is 32.3 Å². The van der Waals surface area contributed by atoms with E-state index in [4.69, 9.17) is 9.40 Å². The third-order valence-electron chi connectivity index (χ3n) is 4.38. The highest BCUT2D eigenvalue weighted by Crippen LogP contribution is 2.34. The molecule has 2 nitrogen and oxygen atoms in total. The predicted molar refractivity (Wildman–Crippen MR) is 107 cm³/mol. The smallest absolute Gasteiger partial charge is 0.227 e. The van der Waals surface area contributed by atoms with Gasteiger partial charge in [-0.2, -0.15) is 0 Å². The Labute approximate surface area is 155 Å². The van der Waals surface area contributed by atoms with Crippen LogP contribution in [0.2, 0.25) is 0 Å². The van der Waals surface area contributed by atoms with Gasteiger partial charge in [0.1, 0.15) is 5.52 Å². The second-order valence-corrected chi connectivity index (χ2v) is 7.32. The lowest BCUT2D eigenvalue weighted by molar-refractivity contribution is 0.618. The molecule has 0 spiro atoms. The summed E-state index contributed by atoms with van der Waals surface area (Å²) in [4.78, 5) is 4.71. The molecule has 0 bridgehead atoms. The molecule has 0 aliphatic carbocycles. The van der Waals surface area contributed by atoms with Gasteiger partial charge in [-0.3, -0.25) is 0 Å². The van der Waals surface area contributed by atoms with Crippen molar-refractivity contribution >= 4 is 27.0 Å². The summed E-state index contributed by atoms with van der Waals surface area (Å²) >= 11 is 3.63. The molecule has 25 heavy (non-hydrogen) atoms. The normalized spacial score (nSPS) is 11.4. The van der Waals surface area contributed by atoms with Crippen molar-refractivity contribution in [3.8, 4) is 22.6 Å². The van der Waals surface area contributed by atoms with Crippen molar-refractivity contribution in [2.24, 2.45) is 0 Å². The minimum atomic E-state index is 0.514. The maximum absolute atomic E-state index is 6.02. The molecule has 0 amide bonds. The molecule has 124 valence electrons. The Morgan fingerprint density at radius 2 is 1.56 bits per heavy atom. The first-order valence-corrected chi connectivity index (χ1v) is 9.17. The molecule has 0 N–H and O–H groups in total. The van der Waals surface area contributed by atoms with Crippen LogP contribution in [-0.2, 0) is 0 Å². The molecule has 4 aromatic rings. The lowest BCUT2D eigenvalue weighted by Gasteiger charge is -2.04. The van der Waals surface area contributed by atoms with Crippen LogP contribution < -0.4 is 0 Å². The van der Waals surface area contributed by atoms with E-state index in [2.05, 4.69) is 78.3 Å². The van der Waals surface area contributed by atoms with Crippen LogP contribution in [0.4, 0.5) is 0 Å². The van der Waals surface area contributed by atoms with Crippen molar-refractivity contribution in [2.45, 2.75) is 19.8 Å². The largest absolute Gasteiger partial charge is 0.435 e. The van der Waals surface area contributed by atoms with Gasteiger partial charge < -0.3 is 4.42 Å². The Morgan fingerprint density at radius 1 is 0.840 bits per heavy atom. The van der Waals surface area contributed by atoms with Crippen LogP contribution >= 0.6 is 15.9 Å². The summed E-state index contributed by atoms with van der Waals surface area (Å²) in [5.74, 6) is 1.16. The van der Waals surface area contributed by atoms with E-state index >= 15 is 0 Å². The molecule has 0 aliphatic heterocycles. The highest BCUT2D eigenvalue weighted by atomic mass is 79.9. The molecule has 1 aromatic heterocycles. The summed E-state index contributed by atoms with van der Waals surface area (Å²) in [5.41, 5.74) is 6.23. The van der Waals surface area contributed by atoms with Gasteiger partial charge >= 0.3 is 0 Å². The van der Waals surface area contributed by atoms with Gasteiger partial charge in [0, 0.05) is 5.56 Å². The fraction of sp³-hybridized carbons (Fsp3) is 0.136. The minimum Gasteiger partial charge on any atom is -0.435 e. The number of hydrogen-bond donors (Lipinski definition) is 0. The van der Waals surface area contributed by atoms with Crippen LogP contribution in [0.5, 0.6) is 0 Å². The zero-order valence-electron chi connectivity index (χ0n) is 14.2. The average molecular weight is 392 g/mol. The molecular weight excluding hydrogens is 374 g/mol. The van der Waals surface area contributed by atoms with Crippen LogP contribution in [0, 0.1) is 0 Å². The molecule has 0 unspecified atom stereocenters. The first-order chi connectivity index (χ1) is 12.1. The maximum Gasteiger partial charge on any atom is 0.227 e. The number of aromatic nitrogens is 1. The van der Waals surface area contributed by atoms with Crippen LogP contribution in [0.15, 0.2) is 75.6 Å². The molecule has 0 radical (unpaired) electrons. The minimum absolute atomic E-state index is 0.514. The third-order valence-corrected chi connectivity index (χ3v) is 4.97. The highest BCUT2D eigenvalue weighted by Gasteiger charge is 2.13. The van der Waals surface area contributed by atoms with Crippen molar-refractivity contribution in [3.63, 3.8) is 0 Å².